The summed E-state index contributed by atoms with van der Waals surface area (Å²) in [6.07, 6.45) is -1.21. The highest BCUT2D eigenvalue weighted by molar-refractivity contribution is 5.88. The van der Waals surface area contributed by atoms with Crippen LogP contribution in [0.4, 0.5) is 0 Å². The number of esters is 3. The molecule has 0 aromatic rings. The molecule has 0 aromatic carbocycles. The van der Waals surface area contributed by atoms with Gasteiger partial charge in [-0.05, 0) is 33.3 Å². The Morgan fingerprint density at radius 3 is 2.42 bits per heavy atom. The molecule has 8 aliphatic rings. The number of carbonyl (C=O) groups excluding carboxylic acids is 3. The molecular weight excluding hydrogens is 632 g/mol. The Hall–Kier alpha value is -2.59. The minimum atomic E-state index is -2.66. The van der Waals surface area contributed by atoms with Crippen LogP contribution >= 0.6 is 0 Å². The van der Waals surface area contributed by atoms with E-state index in [4.69, 9.17) is 37.9 Å². The molecule has 3 saturated carbocycles. The highest BCUT2D eigenvalue weighted by Gasteiger charge is 2.96. The Morgan fingerprint density at radius 2 is 1.75 bits per heavy atom. The smallest absolute Gasteiger partial charge is 0.366 e. The number of carbonyl (C=O) groups is 3. The molecule has 0 aromatic heterocycles. The van der Waals surface area contributed by atoms with Crippen LogP contribution in [0.5, 0.6) is 0 Å². The third-order valence-corrected chi connectivity index (χ3v) is 14.0. The molecule has 48 heavy (non-hydrogen) atoms. The van der Waals surface area contributed by atoms with Crippen LogP contribution in [-0.4, -0.2) is 113 Å². The number of aliphatic hydroxyl groups excluding tert-OH is 1. The normalized spacial score (nSPS) is 56.7. The minimum absolute atomic E-state index is 0.00280. The molecule has 14 heteroatoms. The highest BCUT2D eigenvalue weighted by atomic mass is 16.7. The van der Waals surface area contributed by atoms with Gasteiger partial charge in [-0.1, -0.05) is 19.9 Å². The molecule has 4 saturated heterocycles. The van der Waals surface area contributed by atoms with Crippen LogP contribution in [0.3, 0.4) is 0 Å². The van der Waals surface area contributed by atoms with E-state index in [1.54, 1.807) is 32.9 Å². The predicted molar refractivity (Wildman–Crippen MR) is 158 cm³/mol. The van der Waals surface area contributed by atoms with Crippen molar-refractivity contribution in [3.63, 3.8) is 0 Å². The van der Waals surface area contributed by atoms with Gasteiger partial charge in [0.15, 0.2) is 5.60 Å². The zero-order valence-corrected chi connectivity index (χ0v) is 28.1. The molecule has 2 bridgehead atoms. The van der Waals surface area contributed by atoms with Gasteiger partial charge in [0.1, 0.15) is 23.4 Å². The average molecular weight is 677 g/mol. The summed E-state index contributed by atoms with van der Waals surface area (Å²) in [7, 11) is 1.13. The zero-order valence-electron chi connectivity index (χ0n) is 28.1. The molecule has 8 rings (SSSR count). The number of fused-ring (bicyclic) bond motifs is 7. The van der Waals surface area contributed by atoms with Crippen LogP contribution in [0, 0.1) is 34.0 Å². The lowest BCUT2D eigenvalue weighted by atomic mass is 9.37. The van der Waals surface area contributed by atoms with Gasteiger partial charge in [-0.2, -0.15) is 0 Å². The Bertz CT molecular complexity index is 1540. The van der Waals surface area contributed by atoms with Gasteiger partial charge in [-0.15, -0.1) is 0 Å². The third kappa shape index (κ3) is 3.32. The maximum Gasteiger partial charge on any atom is 0.366 e. The van der Waals surface area contributed by atoms with Gasteiger partial charge in [0.25, 0.3) is 5.79 Å². The third-order valence-electron chi connectivity index (χ3n) is 14.0. The summed E-state index contributed by atoms with van der Waals surface area (Å²) < 4.78 is 48.9. The van der Waals surface area contributed by atoms with E-state index in [2.05, 4.69) is 0 Å². The zero-order chi connectivity index (χ0) is 34.6. The molecule has 0 radical (unpaired) electrons. The van der Waals surface area contributed by atoms with Gasteiger partial charge in [0.2, 0.25) is 6.29 Å². The van der Waals surface area contributed by atoms with Crippen LogP contribution in [0.25, 0.3) is 0 Å². The first-order valence-corrected chi connectivity index (χ1v) is 16.6. The van der Waals surface area contributed by atoms with Crippen LogP contribution in [0.2, 0.25) is 0 Å². The van der Waals surface area contributed by atoms with Gasteiger partial charge >= 0.3 is 17.9 Å². The second kappa shape index (κ2) is 9.59. The fourth-order valence-corrected chi connectivity index (χ4v) is 12.0. The van der Waals surface area contributed by atoms with Gasteiger partial charge in [0, 0.05) is 52.9 Å². The summed E-state index contributed by atoms with van der Waals surface area (Å²) in [6, 6.07) is 0. The Balaban J connectivity index is 1.37. The molecule has 3 aliphatic carbocycles. The molecular formula is C34H44O14. The van der Waals surface area contributed by atoms with Crippen LogP contribution < -0.4 is 0 Å². The SMILES string of the molecule is C/C=C(\C)C(=O)O[C@H]1C[C@@H](OC(C)=O)[C@@]2(C)CO[C@H]3[C@@H](O)[C@@](C)([C@]45O[C@@]4(C)[C@H]4C[C@@H]5O[C@@H]5OC=C[C@@]54O)[C@H]4[C@]1(CO[C@@]4(O)C(=O)OC)[C@@H]32. The number of hydrogen-bond acceptors (Lipinski definition) is 14. The van der Waals surface area contributed by atoms with Crippen LogP contribution in [0.15, 0.2) is 24.0 Å². The minimum Gasteiger partial charge on any atom is -0.469 e. The second-order valence-corrected chi connectivity index (χ2v) is 15.7. The fraction of sp³-hybridized carbons (Fsp3) is 0.794. The van der Waals surface area contributed by atoms with Crippen LogP contribution in [0.1, 0.15) is 54.4 Å². The number of hydrogen-bond donors (Lipinski definition) is 3. The van der Waals surface area contributed by atoms with E-state index in [1.807, 2.05) is 13.8 Å². The lowest BCUT2D eigenvalue weighted by molar-refractivity contribution is -0.314. The molecule has 5 aliphatic heterocycles. The molecule has 3 N–H and O–H groups in total. The van der Waals surface area contributed by atoms with Crippen molar-refractivity contribution in [3.05, 3.63) is 24.0 Å². The van der Waals surface area contributed by atoms with Gasteiger partial charge in [-0.3, -0.25) is 4.79 Å². The lowest BCUT2D eigenvalue weighted by Gasteiger charge is -2.66. The van der Waals surface area contributed by atoms with Crippen LogP contribution in [-0.2, 0) is 52.3 Å². The standard InChI is InChI=1S/C34H44O14/c1-8-15(2)24(37)46-19-12-18(45-16(3)35)28(4)13-43-21-22(28)31(19)14-44-33(40,26(38)41-7)25(31)29(5,23(21)36)34-20-11-17(30(34,6)48-34)32(39)9-10-42-27(32)47-20/h8-10,17-23,25,27,36,39-40H,11-14H2,1-7H3/b15-8+/t17-,18-,19+,20+,21-,22+,23-,25+,27+,28-,29-,30+,31+,32+,33-,34+/m1/s1. The van der Waals surface area contributed by atoms with Crippen molar-refractivity contribution in [2.75, 3.05) is 20.3 Å². The van der Waals surface area contributed by atoms with E-state index in [9.17, 15) is 29.7 Å². The maximum atomic E-state index is 13.8. The van der Waals surface area contributed by atoms with E-state index in [0.717, 1.165) is 7.11 Å². The van der Waals surface area contributed by atoms with E-state index in [0.29, 0.717) is 12.0 Å². The van der Waals surface area contributed by atoms with Crippen molar-refractivity contribution in [1.29, 1.82) is 0 Å². The number of rotatable bonds is 5. The molecule has 0 unspecified atom stereocenters. The first-order chi connectivity index (χ1) is 22.5. The number of methoxy groups -OCH3 is 1. The van der Waals surface area contributed by atoms with Crippen molar-refractivity contribution in [3.8, 4) is 0 Å². The number of ether oxygens (including phenoxy) is 8. The second-order valence-electron chi connectivity index (χ2n) is 15.7. The molecule has 1 spiro atoms. The first kappa shape index (κ1) is 32.6. The van der Waals surface area contributed by atoms with E-state index >= 15 is 0 Å². The number of allylic oxidation sites excluding steroid dienone is 1. The summed E-state index contributed by atoms with van der Waals surface area (Å²) in [4.78, 5) is 39.8. The van der Waals surface area contributed by atoms with E-state index in [1.165, 1.54) is 13.2 Å². The summed E-state index contributed by atoms with van der Waals surface area (Å²) in [5, 5.41) is 37.2. The topological polar surface area (TPSA) is 189 Å². The van der Waals surface area contributed by atoms with Gasteiger partial charge in [0.05, 0.1) is 44.9 Å². The molecule has 0 amide bonds. The molecule has 5 heterocycles. The largest absolute Gasteiger partial charge is 0.469 e. The van der Waals surface area contributed by atoms with Crippen molar-refractivity contribution < 1.29 is 67.6 Å². The Labute approximate surface area is 277 Å². The maximum absolute atomic E-state index is 13.8. The summed E-state index contributed by atoms with van der Waals surface area (Å²) in [5.41, 5.74) is -7.75. The quantitative estimate of drug-likeness (QED) is 0.159. The first-order valence-electron chi connectivity index (χ1n) is 16.6. The summed E-state index contributed by atoms with van der Waals surface area (Å²) in [6.45, 7) is 9.81. The highest BCUT2D eigenvalue weighted by Crippen LogP contribution is 2.82. The number of aliphatic hydroxyl groups is 3. The Kier molecular flexibility index (Phi) is 6.52. The monoisotopic (exact) mass is 676 g/mol. The molecule has 7 fully saturated rings. The van der Waals surface area contributed by atoms with Crippen molar-refractivity contribution in [2.45, 2.75) is 114 Å². The Morgan fingerprint density at radius 1 is 1.02 bits per heavy atom. The summed E-state index contributed by atoms with van der Waals surface area (Å²) >= 11 is 0. The molecule has 16 atom stereocenters. The van der Waals surface area contributed by atoms with Crippen molar-refractivity contribution in [2.24, 2.45) is 34.0 Å². The lowest BCUT2D eigenvalue weighted by Crippen LogP contribution is -2.78. The fourth-order valence-electron chi connectivity index (χ4n) is 12.0. The molecule has 14 nitrogen and oxygen atoms in total. The predicted octanol–water partition coefficient (Wildman–Crippen LogP) is 0.644. The number of epoxide rings is 1. The van der Waals surface area contributed by atoms with E-state index < -0.39 is 111 Å². The van der Waals surface area contributed by atoms with Crippen molar-refractivity contribution in [1.82, 2.24) is 0 Å². The summed E-state index contributed by atoms with van der Waals surface area (Å²) in [5.74, 6) is -7.58. The van der Waals surface area contributed by atoms with Crippen molar-refractivity contribution >= 4 is 17.9 Å². The molecule has 264 valence electrons. The van der Waals surface area contributed by atoms with E-state index in [-0.39, 0.29) is 19.6 Å². The van der Waals surface area contributed by atoms with Gasteiger partial charge < -0.3 is 53.2 Å². The average Bonchev–Trinajstić information content (AvgIpc) is 3.37. The van der Waals surface area contributed by atoms with Gasteiger partial charge in [-0.25, -0.2) is 9.59 Å².